The van der Waals surface area contributed by atoms with Gasteiger partial charge in [0.15, 0.2) is 0 Å². The molecule has 1 N–H and O–H groups in total. The van der Waals surface area contributed by atoms with Crippen molar-refractivity contribution in [1.82, 2.24) is 5.32 Å². The summed E-state index contributed by atoms with van der Waals surface area (Å²) in [6.45, 7) is 0.842. The van der Waals surface area contributed by atoms with Gasteiger partial charge in [0.2, 0.25) is 0 Å². The molecule has 15 heavy (non-hydrogen) atoms. The van der Waals surface area contributed by atoms with Gasteiger partial charge >= 0.3 is 0 Å². The highest BCUT2D eigenvalue weighted by Crippen LogP contribution is 2.36. The number of methoxy groups -OCH3 is 1. The Morgan fingerprint density at radius 2 is 2.47 bits per heavy atom. The molecule has 1 aliphatic rings. The molecule has 0 aromatic heterocycles. The minimum atomic E-state index is -0.251. The second-order valence-electron chi connectivity index (χ2n) is 4.03. The van der Waals surface area contributed by atoms with Crippen molar-refractivity contribution in [3.8, 4) is 6.07 Å². The maximum absolute atomic E-state index is 9.10. The van der Waals surface area contributed by atoms with Crippen LogP contribution in [0, 0.1) is 11.3 Å². The number of nitrogens with one attached hydrogen (secondary N) is 1. The van der Waals surface area contributed by atoms with Crippen LogP contribution in [0.2, 0.25) is 0 Å². The van der Waals surface area contributed by atoms with Crippen molar-refractivity contribution in [3.63, 3.8) is 0 Å². The van der Waals surface area contributed by atoms with Crippen LogP contribution in [-0.4, -0.2) is 37.3 Å². The third kappa shape index (κ3) is 3.67. The number of rotatable bonds is 6. The lowest BCUT2D eigenvalue weighted by molar-refractivity contribution is 0.200. The minimum absolute atomic E-state index is 0.251. The van der Waals surface area contributed by atoms with E-state index in [4.69, 9.17) is 10.00 Å². The van der Waals surface area contributed by atoms with Gasteiger partial charge in [-0.25, -0.2) is 0 Å². The smallest absolute Gasteiger partial charge is 0.107 e. The van der Waals surface area contributed by atoms with Crippen LogP contribution in [0.4, 0.5) is 0 Å². The minimum Gasteiger partial charge on any atom is -0.385 e. The van der Waals surface area contributed by atoms with Gasteiger partial charge in [0, 0.05) is 19.0 Å². The van der Waals surface area contributed by atoms with Gasteiger partial charge in [0.1, 0.15) is 5.54 Å². The fraction of sp³-hybridized carbons (Fsp3) is 0.909. The molecule has 0 heterocycles. The predicted molar refractivity (Wildman–Crippen MR) is 64.0 cm³/mol. The molecule has 0 amide bonds. The largest absolute Gasteiger partial charge is 0.385 e. The molecule has 0 aliphatic heterocycles. The standard InChI is InChI=1S/C11H20N2OS/c1-13-11(9-12)5-4-10(8-11)15-7-3-6-14-2/h10,13H,3-8H2,1-2H3. The highest BCUT2D eigenvalue weighted by atomic mass is 32.2. The van der Waals surface area contributed by atoms with Crippen LogP contribution in [0.1, 0.15) is 25.7 Å². The SMILES string of the molecule is CNC1(C#N)CCC(SCCCOC)C1. The van der Waals surface area contributed by atoms with Gasteiger partial charge in [-0.05, 0) is 38.5 Å². The Balaban J connectivity index is 2.22. The summed E-state index contributed by atoms with van der Waals surface area (Å²) < 4.78 is 5.01. The molecule has 1 rings (SSSR count). The molecule has 0 aromatic rings. The zero-order valence-corrected chi connectivity index (χ0v) is 10.4. The van der Waals surface area contributed by atoms with Crippen molar-refractivity contribution in [1.29, 1.82) is 5.26 Å². The Hall–Kier alpha value is -0.240. The van der Waals surface area contributed by atoms with Crippen molar-refractivity contribution in [3.05, 3.63) is 0 Å². The van der Waals surface area contributed by atoms with Crippen LogP contribution in [-0.2, 0) is 4.74 Å². The molecular weight excluding hydrogens is 208 g/mol. The maximum atomic E-state index is 9.10. The molecule has 86 valence electrons. The molecule has 3 nitrogen and oxygen atoms in total. The molecule has 0 saturated heterocycles. The van der Waals surface area contributed by atoms with E-state index in [1.54, 1.807) is 7.11 Å². The van der Waals surface area contributed by atoms with Crippen molar-refractivity contribution in [2.45, 2.75) is 36.5 Å². The van der Waals surface area contributed by atoms with Crippen LogP contribution in [0.3, 0.4) is 0 Å². The van der Waals surface area contributed by atoms with E-state index in [1.807, 2.05) is 18.8 Å². The predicted octanol–water partition coefficient (Wildman–Crippen LogP) is 1.79. The van der Waals surface area contributed by atoms with Crippen molar-refractivity contribution >= 4 is 11.8 Å². The van der Waals surface area contributed by atoms with Crippen LogP contribution in [0.25, 0.3) is 0 Å². The van der Waals surface area contributed by atoms with E-state index in [1.165, 1.54) is 0 Å². The number of ether oxygens (including phenoxy) is 1. The Morgan fingerprint density at radius 3 is 3.00 bits per heavy atom. The Morgan fingerprint density at radius 1 is 1.67 bits per heavy atom. The van der Waals surface area contributed by atoms with Crippen LogP contribution >= 0.6 is 11.8 Å². The van der Waals surface area contributed by atoms with Gasteiger partial charge in [-0.1, -0.05) is 0 Å². The zero-order valence-electron chi connectivity index (χ0n) is 9.58. The van der Waals surface area contributed by atoms with Gasteiger partial charge in [0.25, 0.3) is 0 Å². The first kappa shape index (κ1) is 12.8. The normalized spacial score (nSPS) is 30.3. The quantitative estimate of drug-likeness (QED) is 0.704. The lowest BCUT2D eigenvalue weighted by Gasteiger charge is -2.19. The Kier molecular flexibility index (Phi) is 5.44. The average Bonchev–Trinajstić information content (AvgIpc) is 2.69. The average molecular weight is 228 g/mol. The second kappa shape index (κ2) is 6.37. The number of thioether (sulfide) groups is 1. The number of nitriles is 1. The summed E-state index contributed by atoms with van der Waals surface area (Å²) in [4.78, 5) is 0. The van der Waals surface area contributed by atoms with Crippen LogP contribution in [0.5, 0.6) is 0 Å². The molecule has 2 unspecified atom stereocenters. The van der Waals surface area contributed by atoms with E-state index in [0.29, 0.717) is 5.25 Å². The van der Waals surface area contributed by atoms with Gasteiger partial charge in [-0.3, -0.25) is 0 Å². The summed E-state index contributed by atoms with van der Waals surface area (Å²) in [6, 6.07) is 2.41. The van der Waals surface area contributed by atoms with Crippen molar-refractivity contribution in [2.24, 2.45) is 0 Å². The van der Waals surface area contributed by atoms with Crippen molar-refractivity contribution < 1.29 is 4.74 Å². The van der Waals surface area contributed by atoms with Crippen molar-refractivity contribution in [2.75, 3.05) is 26.5 Å². The van der Waals surface area contributed by atoms with E-state index < -0.39 is 0 Å². The summed E-state index contributed by atoms with van der Waals surface area (Å²) in [5.41, 5.74) is -0.251. The fourth-order valence-electron chi connectivity index (χ4n) is 1.98. The van der Waals surface area contributed by atoms with Crippen LogP contribution < -0.4 is 5.32 Å². The highest BCUT2D eigenvalue weighted by molar-refractivity contribution is 7.99. The monoisotopic (exact) mass is 228 g/mol. The Bertz CT molecular complexity index is 229. The molecule has 0 radical (unpaired) electrons. The third-order valence-corrected chi connectivity index (χ3v) is 4.41. The molecule has 2 atom stereocenters. The molecule has 1 aliphatic carbocycles. The molecule has 0 spiro atoms. The third-order valence-electron chi connectivity index (χ3n) is 3.01. The molecule has 0 bridgehead atoms. The topological polar surface area (TPSA) is 45.0 Å². The Labute approximate surface area is 96.6 Å². The molecule has 1 saturated carbocycles. The summed E-state index contributed by atoms with van der Waals surface area (Å²) in [5, 5.41) is 12.9. The van der Waals surface area contributed by atoms with E-state index in [-0.39, 0.29) is 5.54 Å². The highest BCUT2D eigenvalue weighted by Gasteiger charge is 2.37. The molecule has 4 heteroatoms. The fourth-order valence-corrected chi connectivity index (χ4v) is 3.28. The number of hydrogen-bond donors (Lipinski definition) is 1. The first-order valence-corrected chi connectivity index (χ1v) is 6.52. The first-order valence-electron chi connectivity index (χ1n) is 5.47. The number of nitrogens with zero attached hydrogens (tertiary/aromatic N) is 1. The lowest BCUT2D eigenvalue weighted by Crippen LogP contribution is -2.38. The van der Waals surface area contributed by atoms with E-state index in [2.05, 4.69) is 11.4 Å². The van der Waals surface area contributed by atoms with Gasteiger partial charge in [-0.15, -0.1) is 0 Å². The maximum Gasteiger partial charge on any atom is 0.107 e. The van der Waals surface area contributed by atoms with E-state index >= 15 is 0 Å². The summed E-state index contributed by atoms with van der Waals surface area (Å²) in [5.74, 6) is 1.14. The second-order valence-corrected chi connectivity index (χ2v) is 5.43. The molecule has 0 aromatic carbocycles. The van der Waals surface area contributed by atoms with Gasteiger partial charge < -0.3 is 10.1 Å². The van der Waals surface area contributed by atoms with Crippen LogP contribution in [0.15, 0.2) is 0 Å². The summed E-state index contributed by atoms with van der Waals surface area (Å²) in [7, 11) is 3.63. The van der Waals surface area contributed by atoms with Gasteiger partial charge in [-0.2, -0.15) is 17.0 Å². The first-order chi connectivity index (χ1) is 7.26. The van der Waals surface area contributed by atoms with E-state index in [0.717, 1.165) is 38.0 Å². The molecule has 1 fully saturated rings. The summed E-state index contributed by atoms with van der Waals surface area (Å²) in [6.07, 6.45) is 4.24. The lowest BCUT2D eigenvalue weighted by atomic mass is 10.0. The van der Waals surface area contributed by atoms with E-state index in [9.17, 15) is 0 Å². The zero-order chi connectivity index (χ0) is 11.1. The number of hydrogen-bond acceptors (Lipinski definition) is 4. The summed E-state index contributed by atoms with van der Waals surface area (Å²) >= 11 is 1.99. The molecular formula is C11H20N2OS. The van der Waals surface area contributed by atoms with Gasteiger partial charge in [0.05, 0.1) is 6.07 Å².